The highest BCUT2D eigenvalue weighted by atomic mass is 16.5. The molecule has 1 atom stereocenters. The van der Waals surface area contributed by atoms with E-state index in [-0.39, 0.29) is 6.42 Å². The lowest BCUT2D eigenvalue weighted by atomic mass is 10.0. The maximum atomic E-state index is 11.3. The lowest BCUT2D eigenvalue weighted by Gasteiger charge is -2.31. The Kier molecular flexibility index (Phi) is 16.6. The number of hydrogen-bond acceptors (Lipinski definition) is 8. The van der Waals surface area contributed by atoms with Crippen molar-refractivity contribution < 1.29 is 19.4 Å². The van der Waals surface area contributed by atoms with Gasteiger partial charge in [-0.05, 0) is 68.1 Å². The van der Waals surface area contributed by atoms with Gasteiger partial charge >= 0.3 is 5.97 Å². The summed E-state index contributed by atoms with van der Waals surface area (Å²) in [6.07, 6.45) is 6.92. The first-order valence-corrected chi connectivity index (χ1v) is 15.0. The Bertz CT molecular complexity index is 1260. The van der Waals surface area contributed by atoms with E-state index in [4.69, 9.17) is 9.84 Å². The molecule has 0 radical (unpaired) electrons. The zero-order chi connectivity index (χ0) is 33.3. The molecule has 2 aromatic rings. The number of carboxylic acids is 1. The highest BCUT2D eigenvalue weighted by Crippen LogP contribution is 2.35. The van der Waals surface area contributed by atoms with Gasteiger partial charge in [-0.2, -0.15) is 0 Å². The summed E-state index contributed by atoms with van der Waals surface area (Å²) in [6.45, 7) is 20.6. The zero-order valence-electron chi connectivity index (χ0n) is 27.8. The fraction of sp³-hybridized carbons (Fsp3) is 0.500. The van der Waals surface area contributed by atoms with Gasteiger partial charge in [-0.3, -0.25) is 19.6 Å². The van der Waals surface area contributed by atoms with Crippen LogP contribution in [0.4, 0.5) is 17.1 Å². The van der Waals surface area contributed by atoms with Gasteiger partial charge in [-0.25, -0.2) is 4.98 Å². The molecule has 4 N–H and O–H groups in total. The van der Waals surface area contributed by atoms with Crippen LogP contribution in [-0.2, 0) is 16.0 Å². The molecular formula is C34H52N6O4. The Morgan fingerprint density at radius 3 is 2.43 bits per heavy atom. The van der Waals surface area contributed by atoms with E-state index < -0.39 is 5.97 Å². The van der Waals surface area contributed by atoms with Crippen molar-refractivity contribution in [1.29, 1.82) is 0 Å². The Morgan fingerprint density at radius 1 is 1.25 bits per heavy atom. The standard InChI is InChI=1S/C28H35N5O4.C5H12.CH5N/c1-5-19(2)11-13-37-28-27(32-18-34)20(3)25(16-31-28)33-12-10-22(24(17-33)29-4)15-30-23-8-6-21(7-9-23)14-26(35)36;1-5(2,3)4;1-2/h6-9,15-16,18-19H,4-5,10-14,17H2,1-3H3,(H,32,34)(H,35,36);1-4H3;2H2,1H3. The molecule has 0 fully saturated rings. The first-order valence-electron chi connectivity index (χ1n) is 15.0. The molecule has 1 aliphatic rings. The number of benzene rings is 1. The van der Waals surface area contributed by atoms with Crippen LogP contribution in [-0.4, -0.2) is 62.1 Å². The van der Waals surface area contributed by atoms with Crippen molar-refractivity contribution in [2.45, 2.75) is 74.1 Å². The van der Waals surface area contributed by atoms with Crippen LogP contribution in [0.15, 0.2) is 51.7 Å². The third-order valence-corrected chi connectivity index (χ3v) is 6.58. The van der Waals surface area contributed by atoms with Crippen molar-refractivity contribution in [2.75, 3.05) is 37.0 Å². The van der Waals surface area contributed by atoms with Crippen molar-refractivity contribution in [2.24, 2.45) is 27.1 Å². The third kappa shape index (κ3) is 13.5. The minimum atomic E-state index is -0.863. The monoisotopic (exact) mass is 608 g/mol. The fourth-order valence-electron chi connectivity index (χ4n) is 4.07. The first-order chi connectivity index (χ1) is 20.9. The summed E-state index contributed by atoms with van der Waals surface area (Å²) in [5.74, 6) is 0.119. The van der Waals surface area contributed by atoms with E-state index in [1.165, 1.54) is 7.05 Å². The summed E-state index contributed by atoms with van der Waals surface area (Å²) in [4.78, 5) is 37.6. The van der Waals surface area contributed by atoms with Gasteiger partial charge in [0.2, 0.25) is 12.3 Å². The predicted octanol–water partition coefficient (Wildman–Crippen LogP) is 6.60. The lowest BCUT2D eigenvalue weighted by Crippen LogP contribution is -2.32. The molecule has 2 heterocycles. The number of aliphatic imine (C=N–C) groups is 2. The van der Waals surface area contributed by atoms with Gasteiger partial charge in [0.1, 0.15) is 5.69 Å². The summed E-state index contributed by atoms with van der Waals surface area (Å²) in [5.41, 5.74) is 10.6. The van der Waals surface area contributed by atoms with Crippen LogP contribution in [0.3, 0.4) is 0 Å². The molecule has 1 amide bonds. The van der Waals surface area contributed by atoms with Crippen LogP contribution in [0.2, 0.25) is 0 Å². The van der Waals surface area contributed by atoms with E-state index >= 15 is 0 Å². The molecule has 44 heavy (non-hydrogen) atoms. The minimum Gasteiger partial charge on any atom is -0.481 e. The first kappa shape index (κ1) is 38.0. The molecule has 10 heteroatoms. The number of hydrogen-bond donors (Lipinski definition) is 3. The SMILES string of the molecule is C=NC1=C(C=Nc2ccc(CC(=O)O)cc2)CCN(c2cnc(OCCC(C)CC)c(NC=O)c2C)C1.CC(C)(C)C.CN. The molecule has 242 valence electrons. The van der Waals surface area contributed by atoms with Crippen LogP contribution in [0.1, 0.15) is 71.9 Å². The van der Waals surface area contributed by atoms with Crippen molar-refractivity contribution in [3.05, 3.63) is 52.9 Å². The number of ether oxygens (including phenoxy) is 1. The van der Waals surface area contributed by atoms with E-state index in [1.54, 1.807) is 36.7 Å². The van der Waals surface area contributed by atoms with E-state index in [1.807, 2.05) is 6.92 Å². The lowest BCUT2D eigenvalue weighted by molar-refractivity contribution is -0.136. The third-order valence-electron chi connectivity index (χ3n) is 6.58. The van der Waals surface area contributed by atoms with Gasteiger partial charge in [-0.15, -0.1) is 0 Å². The van der Waals surface area contributed by atoms with Crippen molar-refractivity contribution >= 4 is 42.4 Å². The smallest absolute Gasteiger partial charge is 0.307 e. The minimum absolute atomic E-state index is 0.0148. The van der Waals surface area contributed by atoms with E-state index in [0.717, 1.165) is 53.2 Å². The van der Waals surface area contributed by atoms with Crippen molar-refractivity contribution in [1.82, 2.24) is 4.98 Å². The highest BCUT2D eigenvalue weighted by molar-refractivity contribution is 5.84. The number of carboxylic acid groups (broad SMARTS) is 1. The second-order valence-corrected chi connectivity index (χ2v) is 12.2. The summed E-state index contributed by atoms with van der Waals surface area (Å²) in [5, 5.41) is 11.7. The highest BCUT2D eigenvalue weighted by Gasteiger charge is 2.22. The molecule has 0 saturated carbocycles. The number of nitrogens with zero attached hydrogens (tertiary/aromatic N) is 4. The van der Waals surface area contributed by atoms with Gasteiger partial charge < -0.3 is 25.8 Å². The van der Waals surface area contributed by atoms with Gasteiger partial charge in [-0.1, -0.05) is 60.1 Å². The fourth-order valence-corrected chi connectivity index (χ4v) is 4.07. The Morgan fingerprint density at radius 2 is 1.89 bits per heavy atom. The van der Waals surface area contributed by atoms with Crippen LogP contribution in [0, 0.1) is 18.3 Å². The normalized spacial score (nSPS) is 13.7. The summed E-state index contributed by atoms with van der Waals surface area (Å²) >= 11 is 0. The second-order valence-electron chi connectivity index (χ2n) is 12.2. The molecule has 0 saturated heterocycles. The van der Waals surface area contributed by atoms with Crippen molar-refractivity contribution in [3.8, 4) is 5.88 Å². The number of aliphatic carboxylic acids is 1. The molecule has 1 unspecified atom stereocenters. The number of rotatable bonds is 13. The average Bonchev–Trinajstić information content (AvgIpc) is 2.98. The molecule has 0 aliphatic carbocycles. The zero-order valence-corrected chi connectivity index (χ0v) is 27.8. The Balaban J connectivity index is 0.00000125. The average molecular weight is 609 g/mol. The van der Waals surface area contributed by atoms with Crippen LogP contribution in [0.25, 0.3) is 0 Å². The quantitative estimate of drug-likeness (QED) is 0.172. The number of nitrogens with two attached hydrogens (primary N) is 1. The number of pyridine rings is 1. The van der Waals surface area contributed by atoms with Crippen LogP contribution < -0.4 is 20.7 Å². The Hall–Kier alpha value is -4.05. The molecule has 10 nitrogen and oxygen atoms in total. The topological polar surface area (TPSA) is 142 Å². The molecule has 1 aromatic heterocycles. The number of anilines is 2. The van der Waals surface area contributed by atoms with Gasteiger partial charge in [0.15, 0.2) is 0 Å². The molecular weight excluding hydrogens is 556 g/mol. The molecule has 0 spiro atoms. The largest absolute Gasteiger partial charge is 0.481 e. The number of nitrogens with one attached hydrogen (secondary N) is 1. The van der Waals surface area contributed by atoms with E-state index in [9.17, 15) is 9.59 Å². The van der Waals surface area contributed by atoms with E-state index in [0.29, 0.717) is 48.9 Å². The molecule has 0 bridgehead atoms. The summed E-state index contributed by atoms with van der Waals surface area (Å²) in [7, 11) is 1.50. The molecule has 3 rings (SSSR count). The van der Waals surface area contributed by atoms with E-state index in [2.05, 4.69) is 79.2 Å². The Labute approximate surface area is 263 Å². The van der Waals surface area contributed by atoms with Gasteiger partial charge in [0.25, 0.3) is 0 Å². The molecule has 1 aromatic carbocycles. The maximum absolute atomic E-state index is 11.3. The number of carbonyl (C=O) groups is 2. The van der Waals surface area contributed by atoms with Crippen molar-refractivity contribution in [3.63, 3.8) is 0 Å². The predicted molar refractivity (Wildman–Crippen MR) is 183 cm³/mol. The maximum Gasteiger partial charge on any atom is 0.307 e. The number of amides is 1. The summed E-state index contributed by atoms with van der Waals surface area (Å²) in [6, 6.07) is 7.13. The van der Waals surface area contributed by atoms with Gasteiger partial charge in [0.05, 0.1) is 42.8 Å². The van der Waals surface area contributed by atoms with Crippen LogP contribution >= 0.6 is 0 Å². The number of carbonyl (C=O) groups excluding carboxylic acids is 1. The van der Waals surface area contributed by atoms with Gasteiger partial charge in [0, 0.05) is 18.3 Å². The number of aromatic nitrogens is 1. The second kappa shape index (κ2) is 19.3. The summed E-state index contributed by atoms with van der Waals surface area (Å²) < 4.78 is 5.91. The molecule has 1 aliphatic heterocycles. The van der Waals surface area contributed by atoms with Crippen LogP contribution in [0.5, 0.6) is 5.88 Å².